The van der Waals surface area contributed by atoms with Crippen LogP contribution in [0.2, 0.25) is 0 Å². The monoisotopic (exact) mass is 238 g/mol. The van der Waals surface area contributed by atoms with Gasteiger partial charge in [-0.25, -0.2) is 8.78 Å². The number of halogens is 10. The second-order valence-corrected chi connectivity index (χ2v) is 2.27. The Bertz CT molecular complexity index is 190. The molecule has 86 valence electrons. The van der Waals surface area contributed by atoms with E-state index < -0.39 is 24.9 Å². The quantitative estimate of drug-likeness (QED) is 0.511. The maximum absolute atomic E-state index is 11.6. The molecule has 0 amide bonds. The van der Waals surface area contributed by atoms with E-state index in [-0.39, 0.29) is 1.43 Å². The highest BCUT2D eigenvalue weighted by atomic mass is 19.4. The van der Waals surface area contributed by atoms with Gasteiger partial charge in [-0.05, 0) is 0 Å². The van der Waals surface area contributed by atoms with Crippen molar-refractivity contribution in [2.45, 2.75) is 17.9 Å². The predicted octanol–water partition coefficient (Wildman–Crippen LogP) is 3.32. The van der Waals surface area contributed by atoms with Gasteiger partial charge in [0.2, 0.25) is 0 Å². The second-order valence-electron chi connectivity index (χ2n) is 2.27. The van der Waals surface area contributed by atoms with Crippen molar-refractivity contribution in [2.75, 3.05) is 0 Å². The molecule has 0 aliphatic carbocycles. The lowest BCUT2D eigenvalue weighted by Gasteiger charge is -2.34. The molecule has 0 fully saturated rings. The minimum Gasteiger partial charge on any atom is -0.445 e. The molecule has 0 aromatic heterocycles. The lowest BCUT2D eigenvalue weighted by atomic mass is 9.76. The molecule has 0 bridgehead atoms. The van der Waals surface area contributed by atoms with Gasteiger partial charge in [0.05, 0.1) is 0 Å². The molecule has 0 N–H and O–H groups in total. The van der Waals surface area contributed by atoms with Crippen LogP contribution in [0.15, 0.2) is 0 Å². The van der Waals surface area contributed by atoms with Gasteiger partial charge < -0.3 is 12.9 Å². The summed E-state index contributed by atoms with van der Waals surface area (Å²) in [6, 6.07) is 0. The summed E-state index contributed by atoms with van der Waals surface area (Å²) in [5.41, 5.74) is 0. The van der Waals surface area contributed by atoms with Crippen LogP contribution in [0.5, 0.6) is 0 Å². The Morgan fingerprint density at radius 2 is 1.00 bits per heavy atom. The van der Waals surface area contributed by atoms with E-state index in [0.717, 1.165) is 0 Å². The summed E-state index contributed by atoms with van der Waals surface area (Å²) in [7, 11) is 0. The van der Waals surface area contributed by atoms with Crippen molar-refractivity contribution in [3.8, 4) is 0 Å². The van der Waals surface area contributed by atoms with E-state index >= 15 is 0 Å². The smallest absolute Gasteiger partial charge is 0.445 e. The standard InChI is InChI=1S/C3BF10/c5-1(6,3(9,10)11)2(7,8)4(12,13)14/q-1/p+1. The molecule has 0 heterocycles. The summed E-state index contributed by atoms with van der Waals surface area (Å²) in [6.45, 7) is -7.63. The molecule has 14 heavy (non-hydrogen) atoms. The van der Waals surface area contributed by atoms with Crippen molar-refractivity contribution in [3.63, 3.8) is 0 Å². The zero-order chi connectivity index (χ0) is 12.0. The van der Waals surface area contributed by atoms with Gasteiger partial charge in [0, 0.05) is 0 Å². The van der Waals surface area contributed by atoms with Crippen LogP contribution in [-0.4, -0.2) is 24.9 Å². The molecular formula is C3HBF10. The molecule has 0 aliphatic rings. The highest BCUT2D eigenvalue weighted by Gasteiger charge is 2.78. The first-order valence-corrected chi connectivity index (χ1v) is 2.77. The summed E-state index contributed by atoms with van der Waals surface area (Å²) in [5, 5.41) is 0. The van der Waals surface area contributed by atoms with Gasteiger partial charge in [0.15, 0.2) is 0 Å². The molecular weight excluding hydrogens is 237 g/mol. The Morgan fingerprint density at radius 3 is 1.07 bits per heavy atom. The van der Waals surface area contributed by atoms with E-state index in [4.69, 9.17) is 0 Å². The van der Waals surface area contributed by atoms with Crippen molar-refractivity contribution in [2.24, 2.45) is 0 Å². The molecule has 0 spiro atoms. The maximum Gasteiger partial charge on any atom is 1.00 e. The van der Waals surface area contributed by atoms with Crippen LogP contribution in [0.4, 0.5) is 43.7 Å². The molecule has 0 rings (SSSR count). The summed E-state index contributed by atoms with van der Waals surface area (Å²) in [6.07, 6.45) is -6.95. The Kier molecular flexibility index (Phi) is 2.79. The molecule has 0 nitrogen and oxygen atoms in total. The molecule has 0 radical (unpaired) electrons. The Balaban J connectivity index is 0. The summed E-state index contributed by atoms with van der Waals surface area (Å²) < 4.78 is 114. The van der Waals surface area contributed by atoms with Crippen LogP contribution in [-0.2, 0) is 0 Å². The first kappa shape index (κ1) is 13.4. The van der Waals surface area contributed by atoms with Crippen molar-refractivity contribution < 1.29 is 45.1 Å². The van der Waals surface area contributed by atoms with E-state index in [1.807, 2.05) is 0 Å². The minimum atomic E-state index is -7.63. The number of hydrogen-bond acceptors (Lipinski definition) is 0. The average Bonchev–Trinajstić information content (AvgIpc) is 1.81. The van der Waals surface area contributed by atoms with Crippen LogP contribution in [0.3, 0.4) is 0 Å². The Morgan fingerprint density at radius 1 is 0.714 bits per heavy atom. The SMILES string of the molecule is F[B-](F)(F)C(F)(F)C(F)(F)C(F)(F)F.[H+]. The molecule has 0 saturated carbocycles. The highest BCUT2D eigenvalue weighted by Crippen LogP contribution is 2.51. The van der Waals surface area contributed by atoms with Gasteiger partial charge in [0.1, 0.15) is 0 Å². The van der Waals surface area contributed by atoms with Crippen LogP contribution < -0.4 is 0 Å². The largest absolute Gasteiger partial charge is 1.00 e. The molecule has 0 aliphatic heterocycles. The average molecular weight is 238 g/mol. The molecule has 0 atom stereocenters. The lowest BCUT2D eigenvalue weighted by molar-refractivity contribution is -0.340. The van der Waals surface area contributed by atoms with Gasteiger partial charge in [-0.2, -0.15) is 22.0 Å². The van der Waals surface area contributed by atoms with Crippen LogP contribution >= 0.6 is 0 Å². The first-order valence-electron chi connectivity index (χ1n) is 2.77. The van der Waals surface area contributed by atoms with Crippen LogP contribution in [0, 0.1) is 0 Å². The van der Waals surface area contributed by atoms with E-state index in [1.54, 1.807) is 0 Å². The normalized spacial score (nSPS) is 15.9. The van der Waals surface area contributed by atoms with Gasteiger partial charge in [-0.15, -0.1) is 0 Å². The van der Waals surface area contributed by atoms with E-state index in [2.05, 4.69) is 0 Å². The molecule has 11 heteroatoms. The third-order valence-electron chi connectivity index (χ3n) is 1.19. The van der Waals surface area contributed by atoms with Crippen LogP contribution in [0.25, 0.3) is 0 Å². The third-order valence-corrected chi connectivity index (χ3v) is 1.19. The lowest BCUT2D eigenvalue weighted by Crippen LogP contribution is -2.62. The van der Waals surface area contributed by atoms with Gasteiger partial charge >= 0.3 is 20.5 Å². The fourth-order valence-electron chi connectivity index (χ4n) is 0.395. The summed E-state index contributed by atoms with van der Waals surface area (Å²) in [4.78, 5) is 0. The Hall–Kier alpha value is -0.635. The molecule has 0 aromatic rings. The fraction of sp³-hybridized carbons (Fsp3) is 1.00. The highest BCUT2D eigenvalue weighted by molar-refractivity contribution is 6.61. The second kappa shape index (κ2) is 2.93. The fourth-order valence-corrected chi connectivity index (χ4v) is 0.395. The number of rotatable bonds is 2. The zero-order valence-electron chi connectivity index (χ0n) is 6.86. The van der Waals surface area contributed by atoms with Gasteiger partial charge in [-0.1, -0.05) is 0 Å². The van der Waals surface area contributed by atoms with Gasteiger partial charge in [-0.3, -0.25) is 0 Å². The summed E-state index contributed by atoms with van der Waals surface area (Å²) in [5.74, 6) is -14.2. The zero-order valence-corrected chi connectivity index (χ0v) is 5.86. The molecule has 0 saturated heterocycles. The van der Waals surface area contributed by atoms with Crippen molar-refractivity contribution in [1.82, 2.24) is 0 Å². The third kappa shape index (κ3) is 1.76. The number of alkyl halides is 7. The van der Waals surface area contributed by atoms with Crippen molar-refractivity contribution in [3.05, 3.63) is 0 Å². The maximum atomic E-state index is 11.6. The summed E-state index contributed by atoms with van der Waals surface area (Å²) >= 11 is 0. The van der Waals surface area contributed by atoms with Crippen LogP contribution in [0.1, 0.15) is 1.43 Å². The van der Waals surface area contributed by atoms with Gasteiger partial charge in [0.25, 0.3) is 5.82 Å². The Labute approximate surface area is 71.4 Å². The van der Waals surface area contributed by atoms with E-state index in [9.17, 15) is 43.7 Å². The topological polar surface area (TPSA) is 0 Å². The molecule has 0 unspecified atom stereocenters. The van der Waals surface area contributed by atoms with E-state index in [0.29, 0.717) is 0 Å². The first-order chi connectivity index (χ1) is 5.75. The predicted molar refractivity (Wildman–Crippen MR) is 26.1 cm³/mol. The van der Waals surface area contributed by atoms with E-state index in [1.165, 1.54) is 0 Å². The van der Waals surface area contributed by atoms with Crippen molar-refractivity contribution in [1.29, 1.82) is 0 Å². The van der Waals surface area contributed by atoms with Crippen molar-refractivity contribution >= 4 is 6.98 Å². The minimum absolute atomic E-state index is 0. The molecule has 0 aromatic carbocycles. The number of hydrogen-bond donors (Lipinski definition) is 0.